The smallest absolute Gasteiger partial charge is 0.253 e. The largest absolute Gasteiger partial charge is 0.378 e. The Morgan fingerprint density at radius 1 is 0.769 bits per heavy atom. The molecule has 0 N–H and O–H groups in total. The molecule has 5 nitrogen and oxygen atoms in total. The molecular formula is C20H22FN3O2. The lowest BCUT2D eigenvalue weighted by Gasteiger charge is -2.35. The highest BCUT2D eigenvalue weighted by Crippen LogP contribution is 2.16. The number of carbonyl (C=O) groups excluding carboxylic acids is 2. The second-order valence-corrected chi connectivity index (χ2v) is 6.53. The first-order valence-electron chi connectivity index (χ1n) is 8.57. The van der Waals surface area contributed by atoms with Crippen molar-refractivity contribution in [3.8, 4) is 0 Å². The van der Waals surface area contributed by atoms with E-state index in [4.69, 9.17) is 0 Å². The van der Waals surface area contributed by atoms with Gasteiger partial charge in [-0.1, -0.05) is 0 Å². The van der Waals surface area contributed by atoms with Crippen LogP contribution in [0.1, 0.15) is 20.7 Å². The first-order chi connectivity index (χ1) is 12.5. The third-order valence-corrected chi connectivity index (χ3v) is 4.58. The van der Waals surface area contributed by atoms with E-state index in [2.05, 4.69) is 0 Å². The fourth-order valence-electron chi connectivity index (χ4n) is 2.97. The van der Waals surface area contributed by atoms with Crippen LogP contribution >= 0.6 is 0 Å². The average molecular weight is 355 g/mol. The molecule has 0 bridgehead atoms. The van der Waals surface area contributed by atoms with Crippen molar-refractivity contribution in [3.05, 3.63) is 65.5 Å². The number of carbonyl (C=O) groups is 2. The molecule has 136 valence electrons. The van der Waals surface area contributed by atoms with E-state index in [0.29, 0.717) is 37.3 Å². The van der Waals surface area contributed by atoms with Gasteiger partial charge in [-0.2, -0.15) is 0 Å². The lowest BCUT2D eigenvalue weighted by molar-refractivity contribution is 0.0535. The van der Waals surface area contributed by atoms with Gasteiger partial charge in [0.1, 0.15) is 5.82 Å². The highest BCUT2D eigenvalue weighted by Gasteiger charge is 2.25. The molecule has 0 spiro atoms. The molecule has 0 unspecified atom stereocenters. The standard InChI is InChI=1S/C20H22FN3O2/c1-22(2)18-9-5-16(6-10-18)20(26)24-13-11-23(12-14-24)19(25)15-3-7-17(21)8-4-15/h3-10H,11-14H2,1-2H3. The molecule has 0 aliphatic carbocycles. The summed E-state index contributed by atoms with van der Waals surface area (Å²) in [5.74, 6) is -0.520. The fraction of sp³-hybridized carbons (Fsp3) is 0.300. The lowest BCUT2D eigenvalue weighted by atomic mass is 10.1. The molecular weight excluding hydrogens is 333 g/mol. The zero-order valence-electron chi connectivity index (χ0n) is 15.0. The summed E-state index contributed by atoms with van der Waals surface area (Å²) in [4.78, 5) is 30.5. The van der Waals surface area contributed by atoms with Crippen molar-refractivity contribution < 1.29 is 14.0 Å². The van der Waals surface area contributed by atoms with Gasteiger partial charge < -0.3 is 14.7 Å². The number of amides is 2. The first kappa shape index (κ1) is 17.9. The Kier molecular flexibility index (Phi) is 5.21. The summed E-state index contributed by atoms with van der Waals surface area (Å²) in [5, 5.41) is 0. The number of hydrogen-bond donors (Lipinski definition) is 0. The van der Waals surface area contributed by atoms with E-state index in [1.807, 2.05) is 43.3 Å². The molecule has 1 aliphatic heterocycles. The van der Waals surface area contributed by atoms with Crippen LogP contribution in [-0.2, 0) is 0 Å². The number of rotatable bonds is 3. The van der Waals surface area contributed by atoms with Gasteiger partial charge >= 0.3 is 0 Å². The molecule has 6 heteroatoms. The second-order valence-electron chi connectivity index (χ2n) is 6.53. The summed E-state index contributed by atoms with van der Waals surface area (Å²) in [6.07, 6.45) is 0. The van der Waals surface area contributed by atoms with Crippen LogP contribution in [-0.4, -0.2) is 61.9 Å². The fourth-order valence-corrected chi connectivity index (χ4v) is 2.97. The molecule has 26 heavy (non-hydrogen) atoms. The minimum Gasteiger partial charge on any atom is -0.378 e. The molecule has 1 fully saturated rings. The Labute approximate surface area is 152 Å². The molecule has 2 amide bonds. The van der Waals surface area contributed by atoms with Gasteiger partial charge in [-0.25, -0.2) is 4.39 Å². The number of piperazine rings is 1. The Balaban J connectivity index is 1.60. The van der Waals surface area contributed by atoms with Crippen LogP contribution in [0.15, 0.2) is 48.5 Å². The van der Waals surface area contributed by atoms with Gasteiger partial charge in [-0.3, -0.25) is 9.59 Å². The van der Waals surface area contributed by atoms with Gasteiger partial charge in [0.15, 0.2) is 0 Å². The maximum Gasteiger partial charge on any atom is 0.253 e. The highest BCUT2D eigenvalue weighted by atomic mass is 19.1. The molecule has 1 aliphatic rings. The SMILES string of the molecule is CN(C)c1ccc(C(=O)N2CCN(C(=O)c3ccc(F)cc3)CC2)cc1. The van der Waals surface area contributed by atoms with Crippen LogP contribution in [0.2, 0.25) is 0 Å². The summed E-state index contributed by atoms with van der Waals surface area (Å²) < 4.78 is 13.0. The van der Waals surface area contributed by atoms with Crippen LogP contribution in [0.3, 0.4) is 0 Å². The lowest BCUT2D eigenvalue weighted by Crippen LogP contribution is -2.50. The molecule has 0 atom stereocenters. The third-order valence-electron chi connectivity index (χ3n) is 4.58. The van der Waals surface area contributed by atoms with Gasteiger partial charge in [-0.15, -0.1) is 0 Å². The van der Waals surface area contributed by atoms with Crippen molar-refractivity contribution in [2.45, 2.75) is 0 Å². The van der Waals surface area contributed by atoms with Gasteiger partial charge in [0.25, 0.3) is 11.8 Å². The molecule has 1 heterocycles. The molecule has 0 saturated carbocycles. The number of anilines is 1. The predicted octanol–water partition coefficient (Wildman–Crippen LogP) is 2.49. The number of hydrogen-bond acceptors (Lipinski definition) is 3. The minimum absolute atomic E-state index is 0.0239. The van der Waals surface area contributed by atoms with Crippen molar-refractivity contribution in [2.24, 2.45) is 0 Å². The van der Waals surface area contributed by atoms with Gasteiger partial charge in [0, 0.05) is 57.1 Å². The molecule has 1 saturated heterocycles. The molecule has 0 radical (unpaired) electrons. The third kappa shape index (κ3) is 3.85. The quantitative estimate of drug-likeness (QED) is 0.850. The van der Waals surface area contributed by atoms with Crippen molar-refractivity contribution in [2.75, 3.05) is 45.2 Å². The molecule has 0 aromatic heterocycles. The van der Waals surface area contributed by atoms with Crippen LogP contribution in [0.5, 0.6) is 0 Å². The Morgan fingerprint density at radius 3 is 1.54 bits per heavy atom. The summed E-state index contributed by atoms with van der Waals surface area (Å²) in [7, 11) is 3.91. The van der Waals surface area contributed by atoms with Crippen molar-refractivity contribution in [3.63, 3.8) is 0 Å². The normalized spacial score (nSPS) is 14.3. The van der Waals surface area contributed by atoms with E-state index in [0.717, 1.165) is 5.69 Å². The van der Waals surface area contributed by atoms with Crippen LogP contribution in [0.4, 0.5) is 10.1 Å². The first-order valence-corrected chi connectivity index (χ1v) is 8.57. The topological polar surface area (TPSA) is 43.9 Å². The van der Waals surface area contributed by atoms with Crippen LogP contribution in [0.25, 0.3) is 0 Å². The Morgan fingerprint density at radius 2 is 1.15 bits per heavy atom. The van der Waals surface area contributed by atoms with Crippen molar-refractivity contribution in [1.82, 2.24) is 9.80 Å². The van der Waals surface area contributed by atoms with E-state index in [1.54, 1.807) is 9.80 Å². The number of benzene rings is 2. The summed E-state index contributed by atoms with van der Waals surface area (Å²) in [6, 6.07) is 13.0. The second kappa shape index (κ2) is 7.56. The van der Waals surface area contributed by atoms with E-state index in [-0.39, 0.29) is 17.6 Å². The van der Waals surface area contributed by atoms with E-state index in [9.17, 15) is 14.0 Å². The summed E-state index contributed by atoms with van der Waals surface area (Å²) in [6.45, 7) is 1.91. The van der Waals surface area contributed by atoms with E-state index >= 15 is 0 Å². The van der Waals surface area contributed by atoms with Gasteiger partial charge in [0.05, 0.1) is 0 Å². The van der Waals surface area contributed by atoms with Gasteiger partial charge in [-0.05, 0) is 48.5 Å². The van der Waals surface area contributed by atoms with Gasteiger partial charge in [0.2, 0.25) is 0 Å². The predicted molar refractivity (Wildman–Crippen MR) is 99.0 cm³/mol. The van der Waals surface area contributed by atoms with Crippen LogP contribution < -0.4 is 4.90 Å². The van der Waals surface area contributed by atoms with Crippen molar-refractivity contribution >= 4 is 17.5 Å². The Hall–Kier alpha value is -2.89. The summed E-state index contributed by atoms with van der Waals surface area (Å²) in [5.41, 5.74) is 2.15. The summed E-state index contributed by atoms with van der Waals surface area (Å²) >= 11 is 0. The zero-order valence-corrected chi connectivity index (χ0v) is 15.0. The highest BCUT2D eigenvalue weighted by molar-refractivity contribution is 5.96. The number of halogens is 1. The zero-order chi connectivity index (χ0) is 18.7. The average Bonchev–Trinajstić information content (AvgIpc) is 2.67. The molecule has 2 aromatic rings. The Bertz CT molecular complexity index is 780. The van der Waals surface area contributed by atoms with Crippen molar-refractivity contribution in [1.29, 1.82) is 0 Å². The maximum absolute atomic E-state index is 13.0. The monoisotopic (exact) mass is 355 g/mol. The number of nitrogens with zero attached hydrogens (tertiary/aromatic N) is 3. The molecule has 2 aromatic carbocycles. The molecule has 3 rings (SSSR count). The van der Waals surface area contributed by atoms with E-state index in [1.165, 1.54) is 24.3 Å². The van der Waals surface area contributed by atoms with E-state index < -0.39 is 0 Å². The van der Waals surface area contributed by atoms with Crippen LogP contribution in [0, 0.1) is 5.82 Å². The minimum atomic E-state index is -0.364. The maximum atomic E-state index is 13.0.